The van der Waals surface area contributed by atoms with Crippen molar-refractivity contribution in [3.63, 3.8) is 0 Å². The minimum absolute atomic E-state index is 0.0520. The summed E-state index contributed by atoms with van der Waals surface area (Å²) in [4.78, 5) is 49.7. The molecule has 1 N–H and O–H groups in total. The molecule has 0 saturated carbocycles. The van der Waals surface area contributed by atoms with Crippen LogP contribution in [-0.4, -0.2) is 87.3 Å². The van der Waals surface area contributed by atoms with Crippen molar-refractivity contribution in [3.8, 4) is 0 Å². The summed E-state index contributed by atoms with van der Waals surface area (Å²) in [5.74, 6) is 0.0325. The number of carbonyl (C=O) groups is 3. The van der Waals surface area contributed by atoms with Crippen molar-refractivity contribution < 1.29 is 19.1 Å². The largest absolute Gasteiger partial charge is 0.499 e. The van der Waals surface area contributed by atoms with E-state index in [-0.39, 0.29) is 5.91 Å². The maximum atomic E-state index is 13.1. The molecule has 164 valence electrons. The molecule has 3 aliphatic heterocycles. The predicted octanol–water partition coefficient (Wildman–Crippen LogP) is -0.544. The van der Waals surface area contributed by atoms with E-state index in [1.54, 1.807) is 35.2 Å². The molecule has 0 radical (unpaired) electrons. The molecule has 31 heavy (non-hydrogen) atoms. The standard InChI is InChI=1S/C20H25N7O4/c1-4-15(28)25-5-7-26(8-6-25)20(30)18(29)13-9-21-17-16(13)14(31-3)10-22-19(17)27-11-23-12(2)24-27/h9-11,16-17,21H,4-8H2,1-3H3. The Bertz CT molecular complexity index is 1000. The lowest BCUT2D eigenvalue weighted by atomic mass is 9.88. The zero-order valence-electron chi connectivity index (χ0n) is 17.7. The van der Waals surface area contributed by atoms with Gasteiger partial charge in [-0.2, -0.15) is 5.10 Å². The molecule has 1 fully saturated rings. The average Bonchev–Trinajstić information content (AvgIpc) is 3.44. The molecule has 0 aliphatic carbocycles. The fourth-order valence-corrected chi connectivity index (χ4v) is 4.07. The average molecular weight is 427 g/mol. The van der Waals surface area contributed by atoms with Gasteiger partial charge in [0.2, 0.25) is 11.7 Å². The van der Waals surface area contributed by atoms with Crippen LogP contribution in [0.3, 0.4) is 0 Å². The fourth-order valence-electron chi connectivity index (χ4n) is 4.07. The van der Waals surface area contributed by atoms with Crippen molar-refractivity contribution in [1.29, 1.82) is 0 Å². The van der Waals surface area contributed by atoms with Gasteiger partial charge in [-0.15, -0.1) is 0 Å². The molecule has 0 spiro atoms. The number of nitrogens with zero attached hydrogens (tertiary/aromatic N) is 6. The van der Waals surface area contributed by atoms with Gasteiger partial charge in [0.1, 0.15) is 24.0 Å². The predicted molar refractivity (Wildman–Crippen MR) is 110 cm³/mol. The highest BCUT2D eigenvalue weighted by atomic mass is 16.5. The molecule has 0 aromatic carbocycles. The van der Waals surface area contributed by atoms with Gasteiger partial charge >= 0.3 is 0 Å². The quantitative estimate of drug-likeness (QED) is 0.640. The summed E-state index contributed by atoms with van der Waals surface area (Å²) in [6.07, 6.45) is 5.08. The molecule has 4 rings (SSSR count). The summed E-state index contributed by atoms with van der Waals surface area (Å²) < 4.78 is 7.01. The number of hydrogen-bond acceptors (Lipinski definition) is 8. The molecule has 11 nitrogen and oxygen atoms in total. The van der Waals surface area contributed by atoms with Gasteiger partial charge in [0, 0.05) is 44.4 Å². The summed E-state index contributed by atoms with van der Waals surface area (Å²) in [5.41, 5.74) is 0.319. The third-order valence-electron chi connectivity index (χ3n) is 5.75. The van der Waals surface area contributed by atoms with E-state index in [2.05, 4.69) is 20.4 Å². The highest BCUT2D eigenvalue weighted by molar-refractivity contribution is 6.43. The number of ether oxygens (including phenoxy) is 1. The second kappa shape index (κ2) is 8.32. The van der Waals surface area contributed by atoms with Crippen molar-refractivity contribution in [3.05, 3.63) is 35.9 Å². The number of nitrogens with one attached hydrogen (secondary N) is 1. The molecule has 2 atom stereocenters. The summed E-state index contributed by atoms with van der Waals surface area (Å²) in [5, 5.41) is 7.45. The lowest BCUT2D eigenvalue weighted by Gasteiger charge is -2.34. The van der Waals surface area contributed by atoms with E-state index >= 15 is 0 Å². The molecular formula is C20H25N7O4. The second-order valence-electron chi connectivity index (χ2n) is 7.54. The number of fused-ring (bicyclic) bond motifs is 1. The normalized spacial score (nSPS) is 22.7. The van der Waals surface area contributed by atoms with Crippen molar-refractivity contribution in [1.82, 2.24) is 29.9 Å². The summed E-state index contributed by atoms with van der Waals surface area (Å²) in [6.45, 7) is 5.12. The highest BCUT2D eigenvalue weighted by Crippen LogP contribution is 2.33. The van der Waals surface area contributed by atoms with E-state index in [1.807, 2.05) is 6.92 Å². The molecule has 11 heteroatoms. The number of rotatable bonds is 4. The van der Waals surface area contributed by atoms with E-state index in [0.29, 0.717) is 55.6 Å². The van der Waals surface area contributed by atoms with Gasteiger partial charge in [0.25, 0.3) is 5.91 Å². The van der Waals surface area contributed by atoms with Crippen LogP contribution in [0.5, 0.6) is 0 Å². The van der Waals surface area contributed by atoms with Crippen LogP contribution in [0.15, 0.2) is 35.1 Å². The Kier molecular flexibility index (Phi) is 5.57. The first-order valence-corrected chi connectivity index (χ1v) is 10.2. The molecule has 0 bridgehead atoms. The number of ketones is 1. The molecule has 4 heterocycles. The Morgan fingerprint density at radius 2 is 1.90 bits per heavy atom. The number of amides is 2. The first kappa shape index (κ1) is 20.8. The molecule has 1 aromatic rings. The number of aliphatic imine (C=N–C) groups is 1. The number of carbonyl (C=O) groups excluding carboxylic acids is 3. The summed E-state index contributed by atoms with van der Waals surface area (Å²) >= 11 is 0. The van der Waals surface area contributed by atoms with Gasteiger partial charge in [-0.1, -0.05) is 6.92 Å². The van der Waals surface area contributed by atoms with Crippen molar-refractivity contribution >= 4 is 23.4 Å². The minimum atomic E-state index is -0.589. The topological polar surface area (TPSA) is 122 Å². The van der Waals surface area contributed by atoms with E-state index in [9.17, 15) is 14.4 Å². The van der Waals surface area contributed by atoms with Crippen LogP contribution < -0.4 is 5.32 Å². The number of piperazine rings is 1. The zero-order valence-corrected chi connectivity index (χ0v) is 17.7. The Hall–Kier alpha value is -3.50. The Labute approximate surface area is 179 Å². The fraction of sp³-hybridized carbons (Fsp3) is 0.500. The van der Waals surface area contributed by atoms with Crippen LogP contribution in [0.25, 0.3) is 0 Å². The number of hydrogen-bond donors (Lipinski definition) is 1. The van der Waals surface area contributed by atoms with E-state index in [0.717, 1.165) is 0 Å². The van der Waals surface area contributed by atoms with Crippen molar-refractivity contribution in [2.75, 3.05) is 33.3 Å². The maximum absolute atomic E-state index is 13.1. The SMILES string of the molecule is CCC(=O)N1CCN(C(=O)C(=O)C2=CNC3C(n4cnc(C)n4)=NC=C(OC)C23)CC1. The molecule has 3 aliphatic rings. The van der Waals surface area contributed by atoms with Crippen LogP contribution >= 0.6 is 0 Å². The first-order valence-electron chi connectivity index (χ1n) is 10.2. The lowest BCUT2D eigenvalue weighted by molar-refractivity contribution is -0.146. The van der Waals surface area contributed by atoms with Crippen LogP contribution in [0.2, 0.25) is 0 Å². The zero-order chi connectivity index (χ0) is 22.1. The third kappa shape index (κ3) is 3.71. The van der Waals surface area contributed by atoms with Gasteiger partial charge in [0.15, 0.2) is 5.84 Å². The Morgan fingerprint density at radius 1 is 1.19 bits per heavy atom. The van der Waals surface area contributed by atoms with Crippen molar-refractivity contribution in [2.45, 2.75) is 26.3 Å². The first-order chi connectivity index (χ1) is 14.9. The number of methoxy groups -OCH3 is 1. The van der Waals surface area contributed by atoms with Gasteiger partial charge < -0.3 is 19.9 Å². The van der Waals surface area contributed by atoms with E-state index in [1.165, 1.54) is 12.0 Å². The van der Waals surface area contributed by atoms with Crippen LogP contribution in [0.1, 0.15) is 19.2 Å². The maximum Gasteiger partial charge on any atom is 0.294 e. The smallest absolute Gasteiger partial charge is 0.294 e. The Morgan fingerprint density at radius 3 is 2.52 bits per heavy atom. The molecule has 2 unspecified atom stereocenters. The van der Waals surface area contributed by atoms with Crippen LogP contribution in [0, 0.1) is 12.8 Å². The minimum Gasteiger partial charge on any atom is -0.499 e. The van der Waals surface area contributed by atoms with Crippen LogP contribution in [0.4, 0.5) is 0 Å². The summed E-state index contributed by atoms with van der Waals surface area (Å²) in [6, 6.07) is -0.410. The van der Waals surface area contributed by atoms with Gasteiger partial charge in [-0.25, -0.2) is 14.7 Å². The third-order valence-corrected chi connectivity index (χ3v) is 5.75. The molecular weight excluding hydrogens is 402 g/mol. The second-order valence-corrected chi connectivity index (χ2v) is 7.54. The Balaban J connectivity index is 1.50. The number of aryl methyl sites for hydroxylation is 1. The molecule has 1 aromatic heterocycles. The van der Waals surface area contributed by atoms with Gasteiger partial charge in [0.05, 0.1) is 19.2 Å². The lowest BCUT2D eigenvalue weighted by Crippen LogP contribution is -2.52. The number of aromatic nitrogens is 3. The van der Waals surface area contributed by atoms with E-state index < -0.39 is 23.7 Å². The van der Waals surface area contributed by atoms with Crippen LogP contribution in [-0.2, 0) is 19.1 Å². The number of Topliss-reactive ketones (excluding diaryl/α,β-unsaturated/α-hetero) is 1. The van der Waals surface area contributed by atoms with Gasteiger partial charge in [-0.05, 0) is 6.92 Å². The van der Waals surface area contributed by atoms with E-state index in [4.69, 9.17) is 4.74 Å². The molecule has 1 saturated heterocycles. The van der Waals surface area contributed by atoms with Gasteiger partial charge in [-0.3, -0.25) is 14.4 Å². The van der Waals surface area contributed by atoms with Crippen molar-refractivity contribution in [2.24, 2.45) is 10.9 Å². The summed E-state index contributed by atoms with van der Waals surface area (Å²) in [7, 11) is 1.51. The monoisotopic (exact) mass is 427 g/mol. The highest BCUT2D eigenvalue weighted by Gasteiger charge is 2.45. The molecule has 2 amide bonds.